The van der Waals surface area contributed by atoms with Crippen LogP contribution in [0.2, 0.25) is 0 Å². The molecule has 1 rings (SSSR count). The molecule has 5 atom stereocenters. The quantitative estimate of drug-likeness (QED) is 0.289. The Morgan fingerprint density at radius 1 is 1.25 bits per heavy atom. The number of quaternary nitrogens is 1. The van der Waals surface area contributed by atoms with Crippen LogP contribution in [-0.4, -0.2) is 56.7 Å². The van der Waals surface area contributed by atoms with Gasteiger partial charge in [0.05, 0.1) is 6.61 Å². The number of nitrogens with two attached hydrogens (primary N) is 1. The fourth-order valence-electron chi connectivity index (χ4n) is 2.66. The molecule has 1 unspecified atom stereocenters. The smallest absolute Gasteiger partial charge is 0.225 e. The Hall–Kier alpha value is -0.280. The van der Waals surface area contributed by atoms with E-state index in [1.165, 1.54) is 6.92 Å². The molecule has 1 aliphatic rings. The first-order valence-corrected chi connectivity index (χ1v) is 7.19. The number of rotatable bonds is 7. The Balaban J connectivity index is 2.87. The lowest BCUT2D eigenvalue weighted by atomic mass is 9.76. The van der Waals surface area contributed by atoms with Gasteiger partial charge < -0.3 is 35.9 Å². The minimum atomic E-state index is -1.88. The molecule has 0 bridgehead atoms. The molecule has 0 aromatic carbocycles. The van der Waals surface area contributed by atoms with Crippen LogP contribution in [0.25, 0.3) is 0 Å². The average molecular weight is 293 g/mol. The second-order valence-corrected chi connectivity index (χ2v) is 5.77. The highest BCUT2D eigenvalue weighted by Gasteiger charge is 2.62. The fraction of sp³-hybridized carbons (Fsp3) is 1.00. The second-order valence-electron chi connectivity index (χ2n) is 5.77. The topological polar surface area (TPSA) is 130 Å². The standard InChI is InChI=1S/C13H27NO6/c1-3-4-5-6-7-13(18)12(2,14-19)11(17)10(16)9(8-15)20-13/h9-11,15-18H,3-8,14H2,1-2H3/t9-,10-,11+,12-,13?/m1/s1. The van der Waals surface area contributed by atoms with Crippen molar-refractivity contribution >= 4 is 0 Å². The summed E-state index contributed by atoms with van der Waals surface area (Å²) in [5.41, 5.74) is -1.20. The highest BCUT2D eigenvalue weighted by atomic mass is 16.7. The van der Waals surface area contributed by atoms with E-state index in [1.807, 2.05) is 0 Å². The van der Waals surface area contributed by atoms with Crippen LogP contribution in [0, 0.1) is 5.21 Å². The van der Waals surface area contributed by atoms with E-state index in [-0.39, 0.29) is 6.42 Å². The summed E-state index contributed by atoms with van der Waals surface area (Å²) in [5, 5.41) is 51.1. The lowest BCUT2D eigenvalue weighted by molar-refractivity contribution is -0.719. The summed E-state index contributed by atoms with van der Waals surface area (Å²) in [7, 11) is 0. The molecule has 0 radical (unpaired) electrons. The van der Waals surface area contributed by atoms with Gasteiger partial charge in [0, 0.05) is 6.42 Å². The molecule has 1 aliphatic heterocycles. The van der Waals surface area contributed by atoms with Gasteiger partial charge in [0.25, 0.3) is 0 Å². The third-order valence-electron chi connectivity index (χ3n) is 4.30. The van der Waals surface area contributed by atoms with Crippen molar-refractivity contribution < 1.29 is 30.6 Å². The minimum absolute atomic E-state index is 0.169. The number of hydrogen-bond acceptors (Lipinski definition) is 6. The van der Waals surface area contributed by atoms with Crippen molar-refractivity contribution in [2.45, 2.75) is 75.6 Å². The zero-order chi connectivity index (χ0) is 15.4. The van der Waals surface area contributed by atoms with Crippen molar-refractivity contribution in [2.24, 2.45) is 0 Å². The largest absolute Gasteiger partial charge is 0.635 e. The SMILES string of the molecule is CCCCCCC1(O)O[C@H](CO)[C@@H](O)[C@H](O)[C@@]1(C)[NH2+][O-]. The molecule has 7 nitrogen and oxygen atoms in total. The zero-order valence-electron chi connectivity index (χ0n) is 12.2. The first-order valence-electron chi connectivity index (χ1n) is 7.19. The summed E-state index contributed by atoms with van der Waals surface area (Å²) in [6.45, 7) is 2.88. The van der Waals surface area contributed by atoms with Gasteiger partial charge in [-0.3, -0.25) is 0 Å². The van der Waals surface area contributed by atoms with Gasteiger partial charge in [-0.1, -0.05) is 26.2 Å². The molecular weight excluding hydrogens is 266 g/mol. The normalized spacial score (nSPS) is 41.9. The Morgan fingerprint density at radius 3 is 2.40 bits per heavy atom. The highest BCUT2D eigenvalue weighted by Crippen LogP contribution is 2.37. The van der Waals surface area contributed by atoms with Crippen molar-refractivity contribution in [3.8, 4) is 0 Å². The molecule has 1 fully saturated rings. The van der Waals surface area contributed by atoms with E-state index in [4.69, 9.17) is 9.84 Å². The van der Waals surface area contributed by atoms with Crippen molar-refractivity contribution in [3.63, 3.8) is 0 Å². The van der Waals surface area contributed by atoms with E-state index in [0.717, 1.165) is 19.3 Å². The molecular formula is C13H27NO6. The van der Waals surface area contributed by atoms with Crippen molar-refractivity contribution in [1.82, 2.24) is 0 Å². The number of aliphatic hydroxyl groups excluding tert-OH is 3. The van der Waals surface area contributed by atoms with Crippen LogP contribution in [0.5, 0.6) is 0 Å². The van der Waals surface area contributed by atoms with Gasteiger partial charge in [-0.15, -0.1) is 0 Å². The number of hydrogen-bond donors (Lipinski definition) is 5. The first kappa shape index (κ1) is 17.8. The van der Waals surface area contributed by atoms with Crippen LogP contribution in [0.3, 0.4) is 0 Å². The Bertz CT molecular complexity index is 305. The van der Waals surface area contributed by atoms with Crippen LogP contribution in [-0.2, 0) is 4.74 Å². The fourth-order valence-corrected chi connectivity index (χ4v) is 2.66. The summed E-state index contributed by atoms with van der Waals surface area (Å²) < 4.78 is 5.36. The Labute approximate surface area is 119 Å². The second kappa shape index (κ2) is 7.13. The molecule has 120 valence electrons. The molecule has 0 aromatic heterocycles. The van der Waals surface area contributed by atoms with E-state index in [0.29, 0.717) is 11.9 Å². The van der Waals surface area contributed by atoms with Crippen molar-refractivity contribution in [2.75, 3.05) is 6.61 Å². The van der Waals surface area contributed by atoms with Crippen LogP contribution in [0.1, 0.15) is 46.0 Å². The molecule has 1 heterocycles. The molecule has 0 saturated carbocycles. The van der Waals surface area contributed by atoms with E-state index < -0.39 is 36.2 Å². The molecule has 20 heavy (non-hydrogen) atoms. The molecule has 0 amide bonds. The predicted octanol–water partition coefficient (Wildman–Crippen LogP) is -1.42. The van der Waals surface area contributed by atoms with Gasteiger partial charge in [0.2, 0.25) is 5.79 Å². The monoisotopic (exact) mass is 293 g/mol. The summed E-state index contributed by atoms with van der Waals surface area (Å²) in [6, 6.07) is 0. The number of hydroxylamine groups is 1. The number of unbranched alkanes of at least 4 members (excludes halogenated alkanes) is 3. The number of ether oxygens (including phenoxy) is 1. The highest BCUT2D eigenvalue weighted by molar-refractivity contribution is 5.04. The molecule has 1 saturated heterocycles. The lowest BCUT2D eigenvalue weighted by Crippen LogP contribution is -3.02. The zero-order valence-corrected chi connectivity index (χ0v) is 12.2. The summed E-state index contributed by atoms with van der Waals surface area (Å²) in [6.07, 6.45) is -0.285. The number of aliphatic hydroxyl groups is 4. The summed E-state index contributed by atoms with van der Waals surface area (Å²) in [5.74, 6) is -1.88. The van der Waals surface area contributed by atoms with E-state index in [1.54, 1.807) is 0 Å². The maximum Gasteiger partial charge on any atom is 0.225 e. The van der Waals surface area contributed by atoms with Crippen LogP contribution in [0.15, 0.2) is 0 Å². The molecule has 0 spiro atoms. The van der Waals surface area contributed by atoms with E-state index >= 15 is 0 Å². The minimum Gasteiger partial charge on any atom is -0.635 e. The third-order valence-corrected chi connectivity index (χ3v) is 4.30. The van der Waals surface area contributed by atoms with Crippen molar-refractivity contribution in [3.05, 3.63) is 5.21 Å². The summed E-state index contributed by atoms with van der Waals surface area (Å²) in [4.78, 5) is 0. The van der Waals surface area contributed by atoms with Gasteiger partial charge in [-0.25, -0.2) is 0 Å². The Kier molecular flexibility index (Phi) is 6.33. The van der Waals surface area contributed by atoms with Crippen molar-refractivity contribution in [1.29, 1.82) is 0 Å². The van der Waals surface area contributed by atoms with Gasteiger partial charge in [-0.2, -0.15) is 0 Å². The maximum atomic E-state index is 11.4. The average Bonchev–Trinajstić information content (AvgIpc) is 2.45. The van der Waals surface area contributed by atoms with Crippen LogP contribution >= 0.6 is 0 Å². The first-order chi connectivity index (χ1) is 9.36. The summed E-state index contributed by atoms with van der Waals surface area (Å²) >= 11 is 0. The van der Waals surface area contributed by atoms with Gasteiger partial charge in [-0.05, 0) is 13.3 Å². The Morgan fingerprint density at radius 2 is 1.90 bits per heavy atom. The predicted molar refractivity (Wildman–Crippen MR) is 71.4 cm³/mol. The molecule has 0 aromatic rings. The van der Waals surface area contributed by atoms with Gasteiger partial charge >= 0.3 is 0 Å². The maximum absolute atomic E-state index is 11.4. The van der Waals surface area contributed by atoms with E-state index in [9.17, 15) is 20.5 Å². The van der Waals surface area contributed by atoms with Gasteiger partial charge in [0.15, 0.2) is 5.54 Å². The molecule has 0 aliphatic carbocycles. The third kappa shape index (κ3) is 3.14. The molecule has 7 heteroatoms. The van der Waals surface area contributed by atoms with E-state index in [2.05, 4.69) is 6.92 Å². The lowest BCUT2D eigenvalue weighted by Gasteiger charge is -2.53. The van der Waals surface area contributed by atoms with Crippen LogP contribution < -0.4 is 5.48 Å². The molecule has 6 N–H and O–H groups in total. The van der Waals surface area contributed by atoms with Crippen LogP contribution in [0.4, 0.5) is 0 Å². The van der Waals surface area contributed by atoms with Gasteiger partial charge in [0.1, 0.15) is 18.3 Å².